The van der Waals surface area contributed by atoms with E-state index in [9.17, 15) is 13.2 Å². The topological polar surface area (TPSA) is 33.1 Å². The zero-order chi connectivity index (χ0) is 11.8. The van der Waals surface area contributed by atoms with Crippen molar-refractivity contribution in [3.8, 4) is 0 Å². The molecule has 5 heteroatoms. The number of aliphatic hydroxyl groups is 1. The molecule has 0 bridgehead atoms. The Labute approximate surface area is 89.4 Å². The minimum atomic E-state index is -4.69. The largest absolute Gasteiger partial charge is 0.420 e. The van der Waals surface area contributed by atoms with Gasteiger partial charge in [0.1, 0.15) is 0 Å². The molecule has 0 spiro atoms. The van der Waals surface area contributed by atoms with Crippen molar-refractivity contribution in [1.82, 2.24) is 4.98 Å². The smallest absolute Gasteiger partial charge is 0.378 e. The molecule has 0 saturated carbocycles. The van der Waals surface area contributed by atoms with E-state index in [0.717, 1.165) is 5.39 Å². The van der Waals surface area contributed by atoms with Crippen LogP contribution in [0.3, 0.4) is 0 Å². The van der Waals surface area contributed by atoms with Gasteiger partial charge in [-0.1, -0.05) is 24.3 Å². The van der Waals surface area contributed by atoms with Crippen molar-refractivity contribution in [3.05, 3.63) is 42.1 Å². The van der Waals surface area contributed by atoms with E-state index in [2.05, 4.69) is 4.98 Å². The maximum absolute atomic E-state index is 12.2. The van der Waals surface area contributed by atoms with E-state index in [-0.39, 0.29) is 5.69 Å². The average Bonchev–Trinajstić information content (AvgIpc) is 2.26. The number of hydrogen-bond donors (Lipinski definition) is 1. The molecule has 1 heterocycles. The molecule has 16 heavy (non-hydrogen) atoms. The molecule has 0 amide bonds. The predicted octanol–water partition coefficient (Wildman–Crippen LogP) is 2.83. The molecule has 1 atom stereocenters. The highest BCUT2D eigenvalue weighted by Crippen LogP contribution is 2.31. The third-order valence-electron chi connectivity index (χ3n) is 2.21. The normalized spacial score (nSPS) is 14.0. The predicted molar refractivity (Wildman–Crippen MR) is 52.8 cm³/mol. The minimum Gasteiger partial charge on any atom is -0.378 e. The Morgan fingerprint density at radius 2 is 1.75 bits per heavy atom. The lowest BCUT2D eigenvalue weighted by molar-refractivity contribution is -0.207. The maximum atomic E-state index is 12.2. The first-order valence-corrected chi connectivity index (χ1v) is 4.59. The fourth-order valence-electron chi connectivity index (χ4n) is 1.40. The molecule has 0 unspecified atom stereocenters. The van der Waals surface area contributed by atoms with Crippen LogP contribution in [0.5, 0.6) is 0 Å². The SMILES string of the molecule is O[C@@H](c1ccc2ccccc2n1)C(F)(F)F. The highest BCUT2D eigenvalue weighted by atomic mass is 19.4. The summed E-state index contributed by atoms with van der Waals surface area (Å²) in [5.74, 6) is 0. The molecule has 0 fully saturated rings. The van der Waals surface area contributed by atoms with Crippen LogP contribution in [0, 0.1) is 0 Å². The molecule has 0 radical (unpaired) electrons. The molecular formula is C11H8F3NO. The number of alkyl halides is 3. The second-order valence-corrected chi connectivity index (χ2v) is 3.37. The Kier molecular flexibility index (Phi) is 2.55. The molecule has 2 aromatic rings. The van der Waals surface area contributed by atoms with Crippen molar-refractivity contribution in [2.24, 2.45) is 0 Å². The van der Waals surface area contributed by atoms with Crippen LogP contribution in [0.1, 0.15) is 11.8 Å². The molecule has 1 aromatic heterocycles. The van der Waals surface area contributed by atoms with E-state index < -0.39 is 12.3 Å². The third-order valence-corrected chi connectivity index (χ3v) is 2.21. The lowest BCUT2D eigenvalue weighted by atomic mass is 10.1. The van der Waals surface area contributed by atoms with Gasteiger partial charge in [0, 0.05) is 5.39 Å². The van der Waals surface area contributed by atoms with Gasteiger partial charge in [-0.15, -0.1) is 0 Å². The maximum Gasteiger partial charge on any atom is 0.420 e. The third kappa shape index (κ3) is 1.99. The second kappa shape index (κ2) is 3.75. The number of nitrogens with zero attached hydrogens (tertiary/aromatic N) is 1. The van der Waals surface area contributed by atoms with Gasteiger partial charge in [-0.3, -0.25) is 0 Å². The van der Waals surface area contributed by atoms with Gasteiger partial charge in [0.05, 0.1) is 11.2 Å². The molecule has 1 N–H and O–H groups in total. The summed E-state index contributed by atoms with van der Waals surface area (Å²) >= 11 is 0. The van der Waals surface area contributed by atoms with Crippen LogP contribution in [0.4, 0.5) is 13.2 Å². The number of aromatic nitrogens is 1. The molecule has 2 nitrogen and oxygen atoms in total. The Morgan fingerprint density at radius 3 is 2.44 bits per heavy atom. The van der Waals surface area contributed by atoms with E-state index in [4.69, 9.17) is 5.11 Å². The summed E-state index contributed by atoms with van der Waals surface area (Å²) < 4.78 is 36.7. The van der Waals surface area contributed by atoms with E-state index in [1.54, 1.807) is 24.3 Å². The Balaban J connectivity index is 2.47. The molecule has 1 aromatic carbocycles. The van der Waals surface area contributed by atoms with Crippen molar-refractivity contribution in [1.29, 1.82) is 0 Å². The first-order chi connectivity index (χ1) is 7.48. The number of halogens is 3. The van der Waals surface area contributed by atoms with E-state index in [0.29, 0.717) is 5.52 Å². The van der Waals surface area contributed by atoms with E-state index in [1.807, 2.05) is 0 Å². The van der Waals surface area contributed by atoms with Gasteiger partial charge >= 0.3 is 6.18 Å². The lowest BCUT2D eigenvalue weighted by Gasteiger charge is -2.14. The lowest BCUT2D eigenvalue weighted by Crippen LogP contribution is -2.21. The Morgan fingerprint density at radius 1 is 1.06 bits per heavy atom. The van der Waals surface area contributed by atoms with Gasteiger partial charge in [-0.25, -0.2) is 4.98 Å². The van der Waals surface area contributed by atoms with Crippen molar-refractivity contribution < 1.29 is 18.3 Å². The number of rotatable bonds is 1. The van der Waals surface area contributed by atoms with E-state index in [1.165, 1.54) is 12.1 Å². The molecule has 84 valence electrons. The fraction of sp³-hybridized carbons (Fsp3) is 0.182. The van der Waals surface area contributed by atoms with Crippen LogP contribution in [0.15, 0.2) is 36.4 Å². The van der Waals surface area contributed by atoms with Gasteiger partial charge in [0.2, 0.25) is 0 Å². The number of pyridine rings is 1. The van der Waals surface area contributed by atoms with Crippen LogP contribution in [0.25, 0.3) is 10.9 Å². The van der Waals surface area contributed by atoms with Gasteiger partial charge in [-0.05, 0) is 12.1 Å². The Hall–Kier alpha value is -1.62. The first-order valence-electron chi connectivity index (χ1n) is 4.59. The molecule has 2 rings (SSSR count). The van der Waals surface area contributed by atoms with Gasteiger partial charge in [0.25, 0.3) is 0 Å². The van der Waals surface area contributed by atoms with Crippen molar-refractivity contribution in [2.75, 3.05) is 0 Å². The summed E-state index contributed by atoms with van der Waals surface area (Å²) in [6.07, 6.45) is -7.22. The minimum absolute atomic E-state index is 0.383. The van der Waals surface area contributed by atoms with Gasteiger partial charge in [0.15, 0.2) is 6.10 Å². The first kappa shape index (κ1) is 10.9. The summed E-state index contributed by atoms with van der Waals surface area (Å²) in [4.78, 5) is 3.77. The number of hydrogen-bond acceptors (Lipinski definition) is 2. The number of para-hydroxylation sites is 1. The molecule has 0 aliphatic heterocycles. The van der Waals surface area contributed by atoms with Crippen molar-refractivity contribution in [3.63, 3.8) is 0 Å². The number of aliphatic hydroxyl groups excluding tert-OH is 1. The van der Waals surface area contributed by atoms with Crippen molar-refractivity contribution in [2.45, 2.75) is 12.3 Å². The van der Waals surface area contributed by atoms with Crippen LogP contribution in [0.2, 0.25) is 0 Å². The van der Waals surface area contributed by atoms with Crippen LogP contribution < -0.4 is 0 Å². The standard InChI is InChI=1S/C11H8F3NO/c12-11(13,14)10(16)9-6-5-7-3-1-2-4-8(7)15-9/h1-6,10,16H/t10-/m0/s1. The monoisotopic (exact) mass is 227 g/mol. The second-order valence-electron chi connectivity index (χ2n) is 3.37. The summed E-state index contributed by atoms with van der Waals surface area (Å²) in [6, 6.07) is 9.48. The number of fused-ring (bicyclic) bond motifs is 1. The average molecular weight is 227 g/mol. The molecular weight excluding hydrogens is 219 g/mol. The van der Waals surface area contributed by atoms with Crippen LogP contribution in [-0.4, -0.2) is 16.3 Å². The summed E-state index contributed by atoms with van der Waals surface area (Å²) in [5, 5.41) is 9.77. The van der Waals surface area contributed by atoms with Crippen molar-refractivity contribution >= 4 is 10.9 Å². The summed E-state index contributed by atoms with van der Waals surface area (Å²) in [6.45, 7) is 0. The van der Waals surface area contributed by atoms with Gasteiger partial charge < -0.3 is 5.11 Å². The van der Waals surface area contributed by atoms with Gasteiger partial charge in [-0.2, -0.15) is 13.2 Å². The quantitative estimate of drug-likeness (QED) is 0.812. The molecule has 0 aliphatic carbocycles. The van der Waals surface area contributed by atoms with E-state index >= 15 is 0 Å². The summed E-state index contributed by atoms with van der Waals surface area (Å²) in [5.41, 5.74) is 0.0505. The zero-order valence-electron chi connectivity index (χ0n) is 8.07. The molecule has 0 saturated heterocycles. The zero-order valence-corrected chi connectivity index (χ0v) is 8.07. The molecule has 0 aliphatic rings. The number of benzene rings is 1. The summed E-state index contributed by atoms with van der Waals surface area (Å²) in [7, 11) is 0. The highest BCUT2D eigenvalue weighted by Gasteiger charge is 2.40. The fourth-order valence-corrected chi connectivity index (χ4v) is 1.40. The van der Waals surface area contributed by atoms with Crippen LogP contribution >= 0.6 is 0 Å². The Bertz CT molecular complexity index is 510. The highest BCUT2D eigenvalue weighted by molar-refractivity contribution is 5.78. The van der Waals surface area contributed by atoms with Crippen LogP contribution in [-0.2, 0) is 0 Å².